The van der Waals surface area contributed by atoms with Crippen molar-refractivity contribution in [2.45, 2.75) is 11.8 Å². The molecule has 0 aromatic heterocycles. The summed E-state index contributed by atoms with van der Waals surface area (Å²) in [5.41, 5.74) is 1.10. The molecular weight excluding hydrogens is 198 g/mol. The molecule has 66 valence electrons. The van der Waals surface area contributed by atoms with E-state index in [1.165, 1.54) is 0 Å². The van der Waals surface area contributed by atoms with Crippen LogP contribution in [-0.2, 0) is 9.32 Å². The first kappa shape index (κ1) is 9.83. The van der Waals surface area contributed by atoms with Gasteiger partial charge < -0.3 is 0 Å². The summed E-state index contributed by atoms with van der Waals surface area (Å²) in [6, 6.07) is 5.58. The maximum absolute atomic E-state index is 5.83. The molecule has 0 spiro atoms. The molecule has 12 heavy (non-hydrogen) atoms. The van der Waals surface area contributed by atoms with Gasteiger partial charge in [-0.25, -0.2) is 0 Å². The van der Waals surface area contributed by atoms with Crippen molar-refractivity contribution in [1.82, 2.24) is 0 Å². The first-order chi connectivity index (χ1) is 5.74. The summed E-state index contributed by atoms with van der Waals surface area (Å²) >= 11 is 6.82. The fraction of sp³-hybridized carbons (Fsp3) is 0.143. The van der Waals surface area contributed by atoms with Crippen LogP contribution in [0.5, 0.6) is 0 Å². The number of benzene rings is 1. The largest absolute Gasteiger partial charge is 0.182 e. The highest BCUT2D eigenvalue weighted by Crippen LogP contribution is 2.28. The molecule has 1 rings (SSSR count). The highest BCUT2D eigenvalue weighted by molar-refractivity contribution is 7.94. The molecule has 0 aliphatic rings. The first-order valence-electron chi connectivity index (χ1n) is 3.20. The van der Waals surface area contributed by atoms with Crippen LogP contribution in [0.4, 0.5) is 0 Å². The van der Waals surface area contributed by atoms with Crippen LogP contribution in [0.3, 0.4) is 0 Å². The minimum Gasteiger partial charge on any atom is -0.182 e. The van der Waals surface area contributed by atoms with Gasteiger partial charge in [-0.15, -0.1) is 9.32 Å². The lowest BCUT2D eigenvalue weighted by Gasteiger charge is -2.01. The monoisotopic (exact) mass is 205 g/mol. The van der Waals surface area contributed by atoms with Gasteiger partial charge >= 0.3 is 0 Å². The van der Waals surface area contributed by atoms with Gasteiger partial charge in [-0.1, -0.05) is 17.7 Å². The number of hydrogen-bond donors (Lipinski definition) is 1. The summed E-state index contributed by atoms with van der Waals surface area (Å²) in [6.07, 6.45) is 0. The third-order valence-corrected chi connectivity index (χ3v) is 2.36. The summed E-state index contributed by atoms with van der Waals surface area (Å²) < 4.78 is 4.47. The van der Waals surface area contributed by atoms with Crippen LogP contribution in [0.15, 0.2) is 23.1 Å². The summed E-state index contributed by atoms with van der Waals surface area (Å²) in [6.45, 7) is 1.96. The van der Waals surface area contributed by atoms with Crippen molar-refractivity contribution in [2.24, 2.45) is 5.90 Å². The molecule has 5 heteroatoms. The van der Waals surface area contributed by atoms with Crippen LogP contribution in [0.1, 0.15) is 5.56 Å². The van der Waals surface area contributed by atoms with Crippen LogP contribution < -0.4 is 5.90 Å². The zero-order chi connectivity index (χ0) is 8.97. The van der Waals surface area contributed by atoms with Gasteiger partial charge in [0.1, 0.15) is 0 Å². The fourth-order valence-corrected chi connectivity index (χ4v) is 1.44. The van der Waals surface area contributed by atoms with Crippen LogP contribution in [-0.4, -0.2) is 0 Å². The topological polar surface area (TPSA) is 44.5 Å². The van der Waals surface area contributed by atoms with Crippen molar-refractivity contribution >= 4 is 23.6 Å². The molecule has 3 nitrogen and oxygen atoms in total. The highest BCUT2D eigenvalue weighted by Gasteiger charge is 2.01. The van der Waals surface area contributed by atoms with Crippen molar-refractivity contribution in [3.05, 3.63) is 28.8 Å². The second kappa shape index (κ2) is 4.69. The van der Waals surface area contributed by atoms with Crippen molar-refractivity contribution in [3.8, 4) is 0 Å². The van der Waals surface area contributed by atoms with E-state index in [2.05, 4.69) is 15.2 Å². The molecule has 0 atom stereocenters. The van der Waals surface area contributed by atoms with Gasteiger partial charge in [0.05, 0.1) is 22.0 Å². The number of aryl methyl sites for hydroxylation is 1. The van der Waals surface area contributed by atoms with Crippen molar-refractivity contribution in [2.75, 3.05) is 0 Å². The van der Waals surface area contributed by atoms with Gasteiger partial charge in [0.2, 0.25) is 0 Å². The Labute approximate surface area is 79.9 Å². The fourth-order valence-electron chi connectivity index (χ4n) is 0.731. The zero-order valence-electron chi connectivity index (χ0n) is 6.41. The Morgan fingerprint density at radius 3 is 2.92 bits per heavy atom. The molecule has 0 saturated heterocycles. The second-order valence-corrected chi connectivity index (χ2v) is 3.33. The van der Waals surface area contributed by atoms with Crippen LogP contribution in [0, 0.1) is 6.92 Å². The maximum Gasteiger partial charge on any atom is 0.0718 e. The summed E-state index contributed by atoms with van der Waals surface area (Å²) in [4.78, 5) is 4.72. The van der Waals surface area contributed by atoms with Crippen LogP contribution >= 0.6 is 23.6 Å². The van der Waals surface area contributed by atoms with Crippen molar-refractivity contribution < 1.29 is 9.32 Å². The SMILES string of the molecule is Cc1ccc(Cl)c(SOON)c1. The first-order valence-corrected chi connectivity index (χ1v) is 4.32. The number of nitrogens with two attached hydrogens (primary N) is 1. The molecule has 0 fully saturated rings. The predicted octanol–water partition coefficient (Wildman–Crippen LogP) is 2.48. The Morgan fingerprint density at radius 2 is 2.25 bits per heavy atom. The van der Waals surface area contributed by atoms with Gasteiger partial charge in [-0.05, 0) is 24.6 Å². The van der Waals surface area contributed by atoms with Gasteiger partial charge in [0.15, 0.2) is 0 Å². The Morgan fingerprint density at radius 1 is 1.50 bits per heavy atom. The van der Waals surface area contributed by atoms with Crippen LogP contribution in [0.2, 0.25) is 5.02 Å². The lowest BCUT2D eigenvalue weighted by atomic mass is 10.2. The molecule has 0 unspecified atom stereocenters. The van der Waals surface area contributed by atoms with E-state index in [0.717, 1.165) is 22.5 Å². The van der Waals surface area contributed by atoms with Crippen molar-refractivity contribution in [3.63, 3.8) is 0 Å². The molecule has 0 amide bonds. The second-order valence-electron chi connectivity index (χ2n) is 2.18. The normalized spacial score (nSPS) is 10.2. The van der Waals surface area contributed by atoms with Gasteiger partial charge in [-0.3, -0.25) is 0 Å². The number of hydrogen-bond acceptors (Lipinski definition) is 4. The molecular formula is C7H8ClNO2S. The van der Waals surface area contributed by atoms with E-state index >= 15 is 0 Å². The number of halogens is 1. The van der Waals surface area contributed by atoms with E-state index in [1.54, 1.807) is 6.07 Å². The van der Waals surface area contributed by atoms with Gasteiger partial charge in [0, 0.05) is 0 Å². The quantitative estimate of drug-likeness (QED) is 0.468. The summed E-state index contributed by atoms with van der Waals surface area (Å²) in [5.74, 6) is 4.68. The predicted molar refractivity (Wildman–Crippen MR) is 48.4 cm³/mol. The molecule has 0 aliphatic heterocycles. The van der Waals surface area contributed by atoms with Crippen molar-refractivity contribution in [1.29, 1.82) is 0 Å². The van der Waals surface area contributed by atoms with E-state index in [-0.39, 0.29) is 0 Å². The average Bonchev–Trinajstić information content (AvgIpc) is 2.07. The summed E-state index contributed by atoms with van der Waals surface area (Å²) in [7, 11) is 0. The Hall–Kier alpha value is -0.260. The standard InChI is InChI=1S/C7H8ClNO2S/c1-5-2-3-6(8)7(4-5)12-11-10-9/h2-4H,9H2,1H3. The Balaban J connectivity index is 2.75. The lowest BCUT2D eigenvalue weighted by Crippen LogP contribution is -1.94. The molecule has 0 radical (unpaired) electrons. The maximum atomic E-state index is 5.83. The molecule has 0 aliphatic carbocycles. The molecule has 0 saturated carbocycles. The Kier molecular flexibility index (Phi) is 3.84. The molecule has 2 N–H and O–H groups in total. The molecule has 0 heterocycles. The highest BCUT2D eigenvalue weighted by atomic mass is 35.5. The third kappa shape index (κ3) is 2.66. The smallest absolute Gasteiger partial charge is 0.0718 e. The third-order valence-electron chi connectivity index (χ3n) is 1.25. The van der Waals surface area contributed by atoms with Gasteiger partial charge in [-0.2, -0.15) is 5.90 Å². The van der Waals surface area contributed by atoms with E-state index in [1.807, 2.05) is 19.1 Å². The summed E-state index contributed by atoms with van der Waals surface area (Å²) in [5, 5.41) is 0.614. The number of rotatable bonds is 3. The minimum atomic E-state index is 0.614. The van der Waals surface area contributed by atoms with Gasteiger partial charge in [0.25, 0.3) is 0 Å². The van der Waals surface area contributed by atoms with E-state index in [9.17, 15) is 0 Å². The van der Waals surface area contributed by atoms with E-state index in [0.29, 0.717) is 5.02 Å². The molecule has 1 aromatic rings. The lowest BCUT2D eigenvalue weighted by molar-refractivity contribution is -0.195. The zero-order valence-corrected chi connectivity index (χ0v) is 7.98. The Bertz CT molecular complexity index is 270. The van der Waals surface area contributed by atoms with E-state index in [4.69, 9.17) is 11.6 Å². The molecule has 1 aromatic carbocycles. The average molecular weight is 206 g/mol. The molecule has 0 bridgehead atoms. The minimum absolute atomic E-state index is 0.614. The van der Waals surface area contributed by atoms with Crippen LogP contribution in [0.25, 0.3) is 0 Å². The van der Waals surface area contributed by atoms with E-state index < -0.39 is 0 Å².